The Morgan fingerprint density at radius 2 is 1.65 bits per heavy atom. The lowest BCUT2D eigenvalue weighted by atomic mass is 10.0. The first-order chi connectivity index (χ1) is 12.1. The summed E-state index contributed by atoms with van der Waals surface area (Å²) >= 11 is 0. The van der Waals surface area contributed by atoms with Crippen LogP contribution in [0.15, 0.2) is 36.4 Å². The van der Waals surface area contributed by atoms with Gasteiger partial charge in [-0.15, -0.1) is 0 Å². The zero-order valence-corrected chi connectivity index (χ0v) is 13.9. The van der Waals surface area contributed by atoms with Crippen molar-refractivity contribution in [2.75, 3.05) is 0 Å². The first-order valence-electron chi connectivity index (χ1n) is 7.66. The largest absolute Gasteiger partial charge is 0.488 e. The summed E-state index contributed by atoms with van der Waals surface area (Å²) in [4.78, 5) is 0. The first kappa shape index (κ1) is 19.9. The standard InChI is InChI=1S/C18H16F6O2/c1-10(2)25-16-4-3-11(8-15(16)20)5-12-6-13(19)9-14(7-12)26-18(23,24)17(21)22/h3-4,6-10,17H,5H2,1-2H3. The fourth-order valence-electron chi connectivity index (χ4n) is 2.22. The van der Waals surface area contributed by atoms with Crippen LogP contribution < -0.4 is 9.47 Å². The van der Waals surface area contributed by atoms with Crippen LogP contribution in [-0.2, 0) is 6.42 Å². The Kier molecular flexibility index (Phi) is 6.05. The van der Waals surface area contributed by atoms with E-state index in [4.69, 9.17) is 4.74 Å². The molecule has 2 aromatic carbocycles. The molecule has 0 aliphatic rings. The highest BCUT2D eigenvalue weighted by Crippen LogP contribution is 2.29. The molecule has 0 heterocycles. The molecule has 0 spiro atoms. The van der Waals surface area contributed by atoms with E-state index in [0.29, 0.717) is 11.6 Å². The van der Waals surface area contributed by atoms with Gasteiger partial charge in [-0.25, -0.2) is 8.78 Å². The van der Waals surface area contributed by atoms with Gasteiger partial charge in [0.05, 0.1) is 6.10 Å². The third kappa shape index (κ3) is 5.31. The summed E-state index contributed by atoms with van der Waals surface area (Å²) in [5.74, 6) is -2.27. The first-order valence-corrected chi connectivity index (χ1v) is 7.66. The van der Waals surface area contributed by atoms with Gasteiger partial charge < -0.3 is 9.47 Å². The molecule has 0 fully saturated rings. The molecule has 0 aliphatic carbocycles. The van der Waals surface area contributed by atoms with Crippen LogP contribution in [-0.4, -0.2) is 18.6 Å². The maximum atomic E-state index is 14.0. The molecular formula is C18H16F6O2. The van der Waals surface area contributed by atoms with E-state index >= 15 is 0 Å². The summed E-state index contributed by atoms with van der Waals surface area (Å²) in [6.45, 7) is 3.47. The molecule has 2 rings (SSSR count). The van der Waals surface area contributed by atoms with Gasteiger partial charge in [-0.05, 0) is 55.7 Å². The third-order valence-corrected chi connectivity index (χ3v) is 3.21. The lowest BCUT2D eigenvalue weighted by molar-refractivity contribution is -0.253. The van der Waals surface area contributed by atoms with Crippen molar-refractivity contribution in [2.24, 2.45) is 0 Å². The molecule has 0 N–H and O–H groups in total. The van der Waals surface area contributed by atoms with Crippen LogP contribution in [0.4, 0.5) is 26.3 Å². The molecule has 26 heavy (non-hydrogen) atoms. The minimum Gasteiger partial charge on any atom is -0.488 e. The maximum Gasteiger partial charge on any atom is 0.461 e. The number of hydrogen-bond donors (Lipinski definition) is 0. The van der Waals surface area contributed by atoms with Crippen molar-refractivity contribution in [1.29, 1.82) is 0 Å². The van der Waals surface area contributed by atoms with Crippen molar-refractivity contribution < 1.29 is 35.8 Å². The third-order valence-electron chi connectivity index (χ3n) is 3.21. The summed E-state index contributed by atoms with van der Waals surface area (Å²) in [7, 11) is 0. The van der Waals surface area contributed by atoms with E-state index < -0.39 is 29.9 Å². The van der Waals surface area contributed by atoms with Crippen molar-refractivity contribution in [3.63, 3.8) is 0 Å². The molecule has 0 bridgehead atoms. The van der Waals surface area contributed by atoms with E-state index in [1.807, 2.05) is 0 Å². The molecular weight excluding hydrogens is 362 g/mol. The molecule has 0 radical (unpaired) electrons. The lowest BCUT2D eigenvalue weighted by Gasteiger charge is -2.17. The van der Waals surface area contributed by atoms with Crippen molar-refractivity contribution >= 4 is 0 Å². The van der Waals surface area contributed by atoms with Crippen LogP contribution in [0, 0.1) is 11.6 Å². The van der Waals surface area contributed by atoms with Crippen LogP contribution >= 0.6 is 0 Å². The molecule has 0 atom stereocenters. The minimum absolute atomic E-state index is 0.0206. The fourth-order valence-corrected chi connectivity index (χ4v) is 2.22. The Morgan fingerprint density at radius 1 is 0.962 bits per heavy atom. The van der Waals surface area contributed by atoms with E-state index in [9.17, 15) is 26.3 Å². The van der Waals surface area contributed by atoms with Crippen LogP contribution in [0.1, 0.15) is 25.0 Å². The summed E-state index contributed by atoms with van der Waals surface area (Å²) in [5.41, 5.74) is 0.567. The summed E-state index contributed by atoms with van der Waals surface area (Å²) < 4.78 is 87.0. The van der Waals surface area contributed by atoms with E-state index in [0.717, 1.165) is 18.2 Å². The van der Waals surface area contributed by atoms with Gasteiger partial charge in [0.1, 0.15) is 11.6 Å². The smallest absolute Gasteiger partial charge is 0.461 e. The normalized spacial score (nSPS) is 11.9. The van der Waals surface area contributed by atoms with Gasteiger partial charge in [0.2, 0.25) is 0 Å². The van der Waals surface area contributed by atoms with Gasteiger partial charge in [-0.3, -0.25) is 0 Å². The highest BCUT2D eigenvalue weighted by molar-refractivity contribution is 5.36. The molecule has 0 aromatic heterocycles. The summed E-state index contributed by atoms with van der Waals surface area (Å²) in [6.07, 6.45) is -9.05. The van der Waals surface area contributed by atoms with E-state index in [1.165, 1.54) is 12.1 Å². The number of hydrogen-bond acceptors (Lipinski definition) is 2. The van der Waals surface area contributed by atoms with E-state index in [1.54, 1.807) is 13.8 Å². The number of alkyl halides is 4. The Hall–Kier alpha value is -2.38. The quantitative estimate of drug-likeness (QED) is 0.586. The van der Waals surface area contributed by atoms with Gasteiger partial charge in [-0.1, -0.05) is 6.07 Å². The lowest BCUT2D eigenvalue weighted by Crippen LogP contribution is -2.33. The average molecular weight is 378 g/mol. The van der Waals surface area contributed by atoms with Crippen LogP contribution in [0.5, 0.6) is 11.5 Å². The van der Waals surface area contributed by atoms with Gasteiger partial charge in [0.25, 0.3) is 0 Å². The number of ether oxygens (including phenoxy) is 2. The second-order valence-corrected chi connectivity index (χ2v) is 5.87. The Labute approximate surface area is 146 Å². The second kappa shape index (κ2) is 7.88. The van der Waals surface area contributed by atoms with Crippen molar-refractivity contribution in [3.8, 4) is 11.5 Å². The van der Waals surface area contributed by atoms with Crippen LogP contribution in [0.3, 0.4) is 0 Å². The van der Waals surface area contributed by atoms with Gasteiger partial charge in [0, 0.05) is 6.07 Å². The Morgan fingerprint density at radius 3 is 2.23 bits per heavy atom. The summed E-state index contributed by atoms with van der Waals surface area (Å²) in [5, 5.41) is 0. The molecule has 142 valence electrons. The molecule has 0 saturated heterocycles. The zero-order chi connectivity index (χ0) is 19.5. The molecule has 2 aromatic rings. The molecule has 0 saturated carbocycles. The van der Waals surface area contributed by atoms with Gasteiger partial charge in [0.15, 0.2) is 11.6 Å². The number of halogens is 6. The van der Waals surface area contributed by atoms with E-state index in [2.05, 4.69) is 4.74 Å². The molecule has 8 heteroatoms. The topological polar surface area (TPSA) is 18.5 Å². The van der Waals surface area contributed by atoms with Gasteiger partial charge in [-0.2, -0.15) is 17.6 Å². The van der Waals surface area contributed by atoms with Crippen molar-refractivity contribution in [3.05, 3.63) is 59.2 Å². The molecule has 2 nitrogen and oxygen atoms in total. The predicted molar refractivity (Wildman–Crippen MR) is 82.9 cm³/mol. The second-order valence-electron chi connectivity index (χ2n) is 5.87. The van der Waals surface area contributed by atoms with Crippen LogP contribution in [0.2, 0.25) is 0 Å². The van der Waals surface area contributed by atoms with Crippen LogP contribution in [0.25, 0.3) is 0 Å². The Balaban J connectivity index is 2.21. The average Bonchev–Trinajstić information content (AvgIpc) is 2.48. The molecule has 0 unspecified atom stereocenters. The number of benzene rings is 2. The zero-order valence-electron chi connectivity index (χ0n) is 13.9. The van der Waals surface area contributed by atoms with Gasteiger partial charge >= 0.3 is 12.5 Å². The highest BCUT2D eigenvalue weighted by atomic mass is 19.3. The summed E-state index contributed by atoms with van der Waals surface area (Å²) in [6, 6.07) is 6.67. The predicted octanol–water partition coefficient (Wildman–Crippen LogP) is 5.58. The Bertz CT molecular complexity index is 761. The molecule has 0 amide bonds. The molecule has 0 aliphatic heterocycles. The van der Waals surface area contributed by atoms with Crippen molar-refractivity contribution in [1.82, 2.24) is 0 Å². The minimum atomic E-state index is -4.74. The SMILES string of the molecule is CC(C)Oc1ccc(Cc2cc(F)cc(OC(F)(F)C(F)F)c2)cc1F. The highest BCUT2D eigenvalue weighted by Gasteiger charge is 2.44. The van der Waals surface area contributed by atoms with Crippen molar-refractivity contribution in [2.45, 2.75) is 38.9 Å². The van der Waals surface area contributed by atoms with E-state index in [-0.39, 0.29) is 23.8 Å². The monoisotopic (exact) mass is 378 g/mol. The maximum absolute atomic E-state index is 14.0. The number of rotatable bonds is 7. The fraction of sp³-hybridized carbons (Fsp3) is 0.333.